The standard InChI is InChI=1S/C25H25N3O3S/c1-5-18-26-27-24(32-18)28-20(15-11-13-17(14-12-15)25(2,3)4)19(22(30)23(28)31)21(29)16-9-7-6-8-10-16/h6-14,20,29H,5H2,1-4H3/b21-19+. The second-order valence-electron chi connectivity index (χ2n) is 8.74. The van der Waals surface area contributed by atoms with Crippen molar-refractivity contribution in [1.82, 2.24) is 10.2 Å². The maximum Gasteiger partial charge on any atom is 0.301 e. The average molecular weight is 448 g/mol. The SMILES string of the molecule is CCc1nnc(N2C(=O)C(=O)/C(=C(/O)c3ccccc3)C2c2ccc(C(C)(C)C)cc2)s1. The number of aliphatic hydroxyl groups is 1. The highest BCUT2D eigenvalue weighted by Gasteiger charge is 2.48. The highest BCUT2D eigenvalue weighted by atomic mass is 32.1. The molecule has 4 rings (SSSR count). The van der Waals surface area contributed by atoms with Crippen LogP contribution >= 0.6 is 11.3 Å². The van der Waals surface area contributed by atoms with Gasteiger partial charge < -0.3 is 5.11 Å². The lowest BCUT2D eigenvalue weighted by molar-refractivity contribution is -0.132. The first-order valence-electron chi connectivity index (χ1n) is 10.5. The van der Waals surface area contributed by atoms with Gasteiger partial charge in [-0.05, 0) is 23.0 Å². The molecule has 1 aliphatic rings. The van der Waals surface area contributed by atoms with Crippen molar-refractivity contribution in [3.05, 3.63) is 81.9 Å². The number of nitrogens with zero attached hydrogens (tertiary/aromatic N) is 3. The maximum absolute atomic E-state index is 13.1. The smallest absolute Gasteiger partial charge is 0.301 e. The third-order valence-corrected chi connectivity index (χ3v) is 6.62. The molecule has 0 aliphatic carbocycles. The zero-order chi connectivity index (χ0) is 23.0. The Morgan fingerprint density at radius 2 is 1.69 bits per heavy atom. The van der Waals surface area contributed by atoms with Crippen LogP contribution in [-0.2, 0) is 21.4 Å². The van der Waals surface area contributed by atoms with Gasteiger partial charge in [0.2, 0.25) is 5.13 Å². The minimum Gasteiger partial charge on any atom is -0.507 e. The predicted octanol–water partition coefficient (Wildman–Crippen LogP) is 5.02. The number of aromatic nitrogens is 2. The van der Waals surface area contributed by atoms with Crippen LogP contribution in [0.15, 0.2) is 60.2 Å². The van der Waals surface area contributed by atoms with E-state index in [0.29, 0.717) is 17.1 Å². The van der Waals surface area contributed by atoms with Crippen molar-refractivity contribution in [2.45, 2.75) is 45.6 Å². The molecule has 7 heteroatoms. The molecular weight excluding hydrogens is 422 g/mol. The minimum absolute atomic E-state index is 0.0420. The van der Waals surface area contributed by atoms with E-state index in [-0.39, 0.29) is 16.7 Å². The van der Waals surface area contributed by atoms with Crippen LogP contribution in [0, 0.1) is 0 Å². The first-order valence-corrected chi connectivity index (χ1v) is 11.3. The van der Waals surface area contributed by atoms with Gasteiger partial charge in [0.05, 0.1) is 11.6 Å². The highest BCUT2D eigenvalue weighted by molar-refractivity contribution is 7.15. The van der Waals surface area contributed by atoms with E-state index in [2.05, 4.69) is 31.0 Å². The molecule has 0 bridgehead atoms. The first kappa shape index (κ1) is 21.9. The Kier molecular flexibility index (Phi) is 5.69. The van der Waals surface area contributed by atoms with E-state index in [9.17, 15) is 14.7 Å². The molecule has 2 heterocycles. The number of hydrogen-bond acceptors (Lipinski definition) is 6. The van der Waals surface area contributed by atoms with Crippen molar-refractivity contribution < 1.29 is 14.7 Å². The molecule has 0 saturated carbocycles. The summed E-state index contributed by atoms with van der Waals surface area (Å²) >= 11 is 1.28. The van der Waals surface area contributed by atoms with Crippen molar-refractivity contribution in [3.8, 4) is 0 Å². The topological polar surface area (TPSA) is 83.4 Å². The van der Waals surface area contributed by atoms with Crippen LogP contribution < -0.4 is 4.90 Å². The molecule has 1 aromatic heterocycles. The largest absolute Gasteiger partial charge is 0.507 e. The number of benzene rings is 2. The van der Waals surface area contributed by atoms with Crippen LogP contribution in [-0.4, -0.2) is 27.0 Å². The second-order valence-corrected chi connectivity index (χ2v) is 9.78. The molecule has 3 aromatic rings. The van der Waals surface area contributed by atoms with E-state index in [1.54, 1.807) is 24.3 Å². The Labute approximate surface area is 191 Å². The molecule has 2 aromatic carbocycles. The lowest BCUT2D eigenvalue weighted by Gasteiger charge is -2.24. The fraction of sp³-hybridized carbons (Fsp3) is 0.280. The Bertz CT molecular complexity index is 1190. The zero-order valence-corrected chi connectivity index (χ0v) is 19.3. The molecule has 164 valence electrons. The summed E-state index contributed by atoms with van der Waals surface area (Å²) in [6.45, 7) is 8.32. The molecule has 1 fully saturated rings. The number of carbonyl (C=O) groups excluding carboxylic acids is 2. The van der Waals surface area contributed by atoms with Crippen LogP contribution in [0.1, 0.15) is 55.4 Å². The third kappa shape index (κ3) is 3.84. The Hall–Kier alpha value is -3.32. The summed E-state index contributed by atoms with van der Waals surface area (Å²) in [5.74, 6) is -1.65. The van der Waals surface area contributed by atoms with Crippen molar-refractivity contribution in [2.24, 2.45) is 0 Å². The summed E-state index contributed by atoms with van der Waals surface area (Å²) < 4.78 is 0. The number of aliphatic hydroxyl groups excluding tert-OH is 1. The van der Waals surface area contributed by atoms with E-state index in [1.807, 2.05) is 37.3 Å². The number of aryl methyl sites for hydroxylation is 1. The molecule has 1 N–H and O–H groups in total. The first-order chi connectivity index (χ1) is 15.2. The maximum atomic E-state index is 13.1. The van der Waals surface area contributed by atoms with Crippen molar-refractivity contribution >= 4 is 33.9 Å². The summed E-state index contributed by atoms with van der Waals surface area (Å²) in [5.41, 5.74) is 2.35. The van der Waals surface area contributed by atoms with Crippen LogP contribution in [0.3, 0.4) is 0 Å². The predicted molar refractivity (Wildman–Crippen MR) is 126 cm³/mol. The molecular formula is C25H25N3O3S. The molecule has 1 amide bonds. The minimum atomic E-state index is -0.790. The Balaban J connectivity index is 1.91. The molecule has 0 spiro atoms. The number of rotatable bonds is 4. The number of ketones is 1. The Morgan fingerprint density at radius 3 is 2.25 bits per heavy atom. The van der Waals surface area contributed by atoms with Gasteiger partial charge in [0, 0.05) is 5.56 Å². The molecule has 32 heavy (non-hydrogen) atoms. The summed E-state index contributed by atoms with van der Waals surface area (Å²) in [5, 5.41) is 20.5. The quantitative estimate of drug-likeness (QED) is 0.345. The monoisotopic (exact) mass is 447 g/mol. The summed E-state index contributed by atoms with van der Waals surface area (Å²) in [7, 11) is 0. The van der Waals surface area contributed by atoms with Gasteiger partial charge in [-0.15, -0.1) is 10.2 Å². The molecule has 1 saturated heterocycles. The van der Waals surface area contributed by atoms with Crippen molar-refractivity contribution in [3.63, 3.8) is 0 Å². The van der Waals surface area contributed by atoms with E-state index in [0.717, 1.165) is 16.1 Å². The normalized spacial score (nSPS) is 18.4. The third-order valence-electron chi connectivity index (χ3n) is 5.55. The lowest BCUT2D eigenvalue weighted by atomic mass is 9.85. The number of Topliss-reactive ketones (excluding diaryl/α,β-unsaturated/α-hetero) is 1. The van der Waals surface area contributed by atoms with Gasteiger partial charge in [-0.3, -0.25) is 14.5 Å². The second kappa shape index (κ2) is 8.31. The molecule has 1 aliphatic heterocycles. The van der Waals surface area contributed by atoms with Crippen molar-refractivity contribution in [2.75, 3.05) is 4.90 Å². The van der Waals surface area contributed by atoms with Gasteiger partial charge in [-0.1, -0.05) is 93.6 Å². The van der Waals surface area contributed by atoms with Gasteiger partial charge in [0.1, 0.15) is 10.8 Å². The summed E-state index contributed by atoms with van der Waals surface area (Å²) in [6, 6.07) is 15.8. The summed E-state index contributed by atoms with van der Waals surface area (Å²) in [6.07, 6.45) is 0.677. The molecule has 0 radical (unpaired) electrons. The highest BCUT2D eigenvalue weighted by Crippen LogP contribution is 2.43. The van der Waals surface area contributed by atoms with Gasteiger partial charge in [0.15, 0.2) is 0 Å². The van der Waals surface area contributed by atoms with Crippen molar-refractivity contribution in [1.29, 1.82) is 0 Å². The molecule has 1 atom stereocenters. The van der Waals surface area contributed by atoms with Crippen LogP contribution in [0.5, 0.6) is 0 Å². The number of carbonyl (C=O) groups is 2. The fourth-order valence-electron chi connectivity index (χ4n) is 3.75. The van der Waals surface area contributed by atoms with Crippen LogP contribution in [0.4, 0.5) is 5.13 Å². The lowest BCUT2D eigenvalue weighted by Crippen LogP contribution is -2.29. The zero-order valence-electron chi connectivity index (χ0n) is 18.5. The number of anilines is 1. The van der Waals surface area contributed by atoms with E-state index >= 15 is 0 Å². The number of hydrogen-bond donors (Lipinski definition) is 1. The van der Waals surface area contributed by atoms with Gasteiger partial charge >= 0.3 is 5.91 Å². The summed E-state index contributed by atoms with van der Waals surface area (Å²) in [4.78, 5) is 27.6. The van der Waals surface area contributed by atoms with Gasteiger partial charge in [-0.25, -0.2) is 0 Å². The van der Waals surface area contributed by atoms with E-state index in [4.69, 9.17) is 0 Å². The Morgan fingerprint density at radius 1 is 1.03 bits per heavy atom. The average Bonchev–Trinajstić information content (AvgIpc) is 3.36. The van der Waals surface area contributed by atoms with E-state index < -0.39 is 17.7 Å². The fourth-order valence-corrected chi connectivity index (χ4v) is 4.55. The van der Waals surface area contributed by atoms with Gasteiger partial charge in [0.25, 0.3) is 5.78 Å². The number of amides is 1. The van der Waals surface area contributed by atoms with Crippen LogP contribution in [0.2, 0.25) is 0 Å². The van der Waals surface area contributed by atoms with Crippen LogP contribution in [0.25, 0.3) is 5.76 Å². The van der Waals surface area contributed by atoms with Gasteiger partial charge in [-0.2, -0.15) is 0 Å². The molecule has 6 nitrogen and oxygen atoms in total. The van der Waals surface area contributed by atoms with E-state index in [1.165, 1.54) is 16.2 Å². The molecule has 1 unspecified atom stereocenters.